The van der Waals surface area contributed by atoms with E-state index in [2.05, 4.69) is 26.0 Å². The summed E-state index contributed by atoms with van der Waals surface area (Å²) in [5, 5.41) is 5.20. The van der Waals surface area contributed by atoms with Crippen molar-refractivity contribution >= 4 is 50.6 Å². The molecule has 0 amide bonds. The number of hydrogen-bond acceptors (Lipinski definition) is 7. The van der Waals surface area contributed by atoms with E-state index in [0.717, 1.165) is 4.47 Å². The maximum Gasteiger partial charge on any atom is 0.346 e. The Morgan fingerprint density at radius 2 is 1.94 bits per heavy atom. The monoisotopic (exact) mass is 535 g/mol. The standard InChI is InChI=1S/C23H23BrClN3O5/c1-12(2)21-27-18-7-6-15(24)9-17(18)22(29)28(21)26-11-14-8-16(25)10-19(31-4)20(14)33-13(3)23(30)32-5/h6-13H,1-5H3/t13-/m1/s1. The zero-order chi connectivity index (χ0) is 24.3. The minimum Gasteiger partial charge on any atom is -0.493 e. The highest BCUT2D eigenvalue weighted by molar-refractivity contribution is 9.10. The molecule has 0 saturated carbocycles. The number of esters is 1. The van der Waals surface area contributed by atoms with Crippen LogP contribution >= 0.6 is 27.5 Å². The second kappa shape index (κ2) is 10.4. The number of aromatic nitrogens is 2. The highest BCUT2D eigenvalue weighted by atomic mass is 79.9. The fourth-order valence-electron chi connectivity index (χ4n) is 3.12. The van der Waals surface area contributed by atoms with Gasteiger partial charge in [0.05, 0.1) is 31.3 Å². The summed E-state index contributed by atoms with van der Waals surface area (Å²) in [4.78, 5) is 29.8. The lowest BCUT2D eigenvalue weighted by atomic mass is 10.2. The summed E-state index contributed by atoms with van der Waals surface area (Å²) in [6.07, 6.45) is 0.512. The maximum absolute atomic E-state index is 13.3. The molecule has 0 saturated heterocycles. The van der Waals surface area contributed by atoms with Gasteiger partial charge < -0.3 is 14.2 Å². The van der Waals surface area contributed by atoms with Crippen LogP contribution in [-0.2, 0) is 9.53 Å². The van der Waals surface area contributed by atoms with Crippen molar-refractivity contribution in [2.24, 2.45) is 5.10 Å². The number of ether oxygens (including phenoxy) is 3. The Hall–Kier alpha value is -2.91. The molecule has 0 aliphatic rings. The van der Waals surface area contributed by atoms with E-state index < -0.39 is 12.1 Å². The van der Waals surface area contributed by atoms with E-state index >= 15 is 0 Å². The Balaban J connectivity index is 2.17. The summed E-state index contributed by atoms with van der Waals surface area (Å²) in [7, 11) is 2.73. The molecule has 0 spiro atoms. The Labute approximate surface area is 204 Å². The molecule has 0 aliphatic heterocycles. The van der Waals surface area contributed by atoms with E-state index in [-0.39, 0.29) is 17.2 Å². The minimum absolute atomic E-state index is 0.0770. The molecule has 0 fully saturated rings. The van der Waals surface area contributed by atoms with E-state index in [0.29, 0.717) is 33.1 Å². The molecule has 0 aliphatic carbocycles. The normalized spacial score (nSPS) is 12.4. The van der Waals surface area contributed by atoms with Crippen LogP contribution in [0.15, 0.2) is 44.7 Å². The third-order valence-electron chi connectivity index (χ3n) is 4.76. The number of carbonyl (C=O) groups is 1. The first-order valence-corrected chi connectivity index (χ1v) is 11.2. The lowest BCUT2D eigenvalue weighted by Crippen LogP contribution is -2.26. The van der Waals surface area contributed by atoms with Gasteiger partial charge in [-0.15, -0.1) is 0 Å². The molecule has 3 aromatic rings. The van der Waals surface area contributed by atoms with Crippen LogP contribution in [0.5, 0.6) is 11.5 Å². The van der Waals surface area contributed by atoms with Crippen molar-refractivity contribution in [1.82, 2.24) is 9.66 Å². The van der Waals surface area contributed by atoms with Crippen molar-refractivity contribution < 1.29 is 19.0 Å². The maximum atomic E-state index is 13.3. The van der Waals surface area contributed by atoms with Gasteiger partial charge in [-0.3, -0.25) is 4.79 Å². The quantitative estimate of drug-likeness (QED) is 0.319. The van der Waals surface area contributed by atoms with E-state index in [1.54, 1.807) is 31.2 Å². The molecule has 0 unspecified atom stereocenters. The van der Waals surface area contributed by atoms with Gasteiger partial charge in [-0.2, -0.15) is 9.78 Å². The van der Waals surface area contributed by atoms with Crippen LogP contribution in [0.25, 0.3) is 10.9 Å². The van der Waals surface area contributed by atoms with Crippen molar-refractivity contribution in [3.63, 3.8) is 0 Å². The van der Waals surface area contributed by atoms with E-state index in [1.807, 2.05) is 19.9 Å². The van der Waals surface area contributed by atoms with Crippen molar-refractivity contribution in [2.45, 2.75) is 32.8 Å². The Morgan fingerprint density at radius 3 is 2.58 bits per heavy atom. The summed E-state index contributed by atoms with van der Waals surface area (Å²) in [6.45, 7) is 5.40. The van der Waals surface area contributed by atoms with Crippen LogP contribution in [0.4, 0.5) is 0 Å². The van der Waals surface area contributed by atoms with Gasteiger partial charge in [-0.25, -0.2) is 9.78 Å². The second-order valence-electron chi connectivity index (χ2n) is 7.46. The zero-order valence-electron chi connectivity index (χ0n) is 18.8. The second-order valence-corrected chi connectivity index (χ2v) is 8.81. The number of fused-ring (bicyclic) bond motifs is 1. The van der Waals surface area contributed by atoms with Gasteiger partial charge in [-0.05, 0) is 31.2 Å². The summed E-state index contributed by atoms with van der Waals surface area (Å²) in [5.74, 6) is 0.394. The molecule has 0 bridgehead atoms. The molecule has 1 aromatic heterocycles. The highest BCUT2D eigenvalue weighted by Crippen LogP contribution is 2.35. The van der Waals surface area contributed by atoms with Crippen LogP contribution in [0.1, 0.15) is 38.1 Å². The lowest BCUT2D eigenvalue weighted by molar-refractivity contribution is -0.147. The summed E-state index contributed by atoms with van der Waals surface area (Å²) >= 11 is 9.63. The van der Waals surface area contributed by atoms with Gasteiger partial charge in [0.15, 0.2) is 17.6 Å². The van der Waals surface area contributed by atoms with Crippen LogP contribution in [0.3, 0.4) is 0 Å². The Bertz CT molecular complexity index is 1290. The van der Waals surface area contributed by atoms with E-state index in [4.69, 9.17) is 25.8 Å². The molecular weight excluding hydrogens is 514 g/mol. The fraction of sp³-hybridized carbons (Fsp3) is 0.304. The first kappa shape index (κ1) is 24.7. The molecule has 10 heteroatoms. The van der Waals surface area contributed by atoms with E-state index in [1.165, 1.54) is 25.1 Å². The van der Waals surface area contributed by atoms with Gasteiger partial charge in [0.25, 0.3) is 5.56 Å². The number of carbonyl (C=O) groups excluding carboxylic acids is 1. The Morgan fingerprint density at radius 1 is 1.21 bits per heavy atom. The van der Waals surface area contributed by atoms with Gasteiger partial charge in [0, 0.05) is 27.0 Å². The predicted molar refractivity (Wildman–Crippen MR) is 131 cm³/mol. The summed E-state index contributed by atoms with van der Waals surface area (Å²) < 4.78 is 17.9. The van der Waals surface area contributed by atoms with Crippen molar-refractivity contribution in [3.05, 3.63) is 61.6 Å². The first-order chi connectivity index (χ1) is 15.7. The molecule has 33 heavy (non-hydrogen) atoms. The number of nitrogens with zero attached hydrogens (tertiary/aromatic N) is 3. The van der Waals surface area contributed by atoms with Crippen molar-refractivity contribution in [2.75, 3.05) is 14.2 Å². The molecule has 174 valence electrons. The highest BCUT2D eigenvalue weighted by Gasteiger charge is 2.21. The number of methoxy groups -OCH3 is 2. The van der Waals surface area contributed by atoms with Gasteiger partial charge in [0.1, 0.15) is 5.82 Å². The third kappa shape index (κ3) is 5.36. The first-order valence-electron chi connectivity index (χ1n) is 10.0. The van der Waals surface area contributed by atoms with Gasteiger partial charge >= 0.3 is 5.97 Å². The topological polar surface area (TPSA) is 92.0 Å². The van der Waals surface area contributed by atoms with Crippen molar-refractivity contribution in [3.8, 4) is 11.5 Å². The van der Waals surface area contributed by atoms with Gasteiger partial charge in [-0.1, -0.05) is 41.4 Å². The third-order valence-corrected chi connectivity index (χ3v) is 5.47. The molecular formula is C23H23BrClN3O5. The number of rotatable bonds is 7. The zero-order valence-corrected chi connectivity index (χ0v) is 21.1. The molecule has 1 heterocycles. The number of halogens is 2. The lowest BCUT2D eigenvalue weighted by Gasteiger charge is -2.17. The van der Waals surface area contributed by atoms with Gasteiger partial charge in [0.2, 0.25) is 0 Å². The van der Waals surface area contributed by atoms with E-state index in [9.17, 15) is 9.59 Å². The van der Waals surface area contributed by atoms with Crippen molar-refractivity contribution in [1.29, 1.82) is 0 Å². The smallest absolute Gasteiger partial charge is 0.346 e. The van der Waals surface area contributed by atoms with Crippen LogP contribution < -0.4 is 15.0 Å². The molecule has 1 atom stereocenters. The SMILES string of the molecule is COC(=O)[C@@H](C)Oc1c(C=Nn2c(C(C)C)nc3ccc(Br)cc3c2=O)cc(Cl)cc1OC. The van der Waals surface area contributed by atoms with Crippen LogP contribution in [0.2, 0.25) is 5.02 Å². The average Bonchev–Trinajstić information content (AvgIpc) is 2.78. The molecule has 0 radical (unpaired) electrons. The molecule has 8 nitrogen and oxygen atoms in total. The largest absolute Gasteiger partial charge is 0.493 e. The Kier molecular flexibility index (Phi) is 7.76. The van der Waals surface area contributed by atoms with Crippen LogP contribution in [-0.4, -0.2) is 42.2 Å². The molecule has 3 rings (SSSR count). The molecule has 2 aromatic carbocycles. The summed E-state index contributed by atoms with van der Waals surface area (Å²) in [6, 6.07) is 8.46. The summed E-state index contributed by atoms with van der Waals surface area (Å²) in [5.41, 5.74) is 0.672. The number of hydrogen-bond donors (Lipinski definition) is 0. The predicted octanol–water partition coefficient (Wildman–Crippen LogP) is 4.77. The fourth-order valence-corrected chi connectivity index (χ4v) is 3.70. The van der Waals surface area contributed by atoms with Crippen LogP contribution in [0, 0.1) is 0 Å². The number of benzene rings is 2. The molecule has 0 N–H and O–H groups in total. The minimum atomic E-state index is -0.911. The average molecular weight is 537 g/mol.